The highest BCUT2D eigenvalue weighted by molar-refractivity contribution is 7.80. The van der Waals surface area contributed by atoms with Gasteiger partial charge in [-0.2, -0.15) is 9.97 Å². The summed E-state index contributed by atoms with van der Waals surface area (Å²) in [6.45, 7) is 3.70. The van der Waals surface area contributed by atoms with E-state index in [1.54, 1.807) is 24.3 Å². The number of hydrogen-bond acceptors (Lipinski definition) is 7. The predicted molar refractivity (Wildman–Crippen MR) is 93.9 cm³/mol. The Morgan fingerprint density at radius 3 is 2.29 bits per heavy atom. The van der Waals surface area contributed by atoms with Gasteiger partial charge in [-0.25, -0.2) is 0 Å². The van der Waals surface area contributed by atoms with Crippen LogP contribution in [0.2, 0.25) is 0 Å². The van der Waals surface area contributed by atoms with Crippen molar-refractivity contribution in [3.63, 3.8) is 0 Å². The molecule has 1 aromatic heterocycles. The standard InChI is InChI=1S/C17H18N2O4S/c1-5-23-17(24)15-11(10(2)20)7-6-8-12(15)16-18-13(21-3)9-14(19-16)22-4/h6-9H,5H2,1-4H3. The maximum atomic E-state index is 12.0. The van der Waals surface area contributed by atoms with Crippen molar-refractivity contribution in [3.05, 3.63) is 35.4 Å². The van der Waals surface area contributed by atoms with Gasteiger partial charge in [0, 0.05) is 16.7 Å². The SMILES string of the molecule is CCOC(=S)c1c(C(C)=O)cccc1-c1nc(OC)cc(OC)n1. The summed E-state index contributed by atoms with van der Waals surface area (Å²) in [6, 6.07) is 6.80. The van der Waals surface area contributed by atoms with Crippen LogP contribution in [0.3, 0.4) is 0 Å². The van der Waals surface area contributed by atoms with Gasteiger partial charge in [0.15, 0.2) is 16.7 Å². The van der Waals surface area contributed by atoms with Gasteiger partial charge in [0.1, 0.15) is 0 Å². The van der Waals surface area contributed by atoms with Crippen LogP contribution in [0.5, 0.6) is 11.8 Å². The highest BCUT2D eigenvalue weighted by Gasteiger charge is 2.20. The van der Waals surface area contributed by atoms with Gasteiger partial charge in [0.05, 0.1) is 26.9 Å². The number of aromatic nitrogens is 2. The third kappa shape index (κ3) is 3.68. The lowest BCUT2D eigenvalue weighted by molar-refractivity contribution is 0.101. The molecule has 0 aliphatic heterocycles. The van der Waals surface area contributed by atoms with E-state index < -0.39 is 0 Å². The van der Waals surface area contributed by atoms with E-state index in [2.05, 4.69) is 9.97 Å². The monoisotopic (exact) mass is 346 g/mol. The number of nitrogens with zero attached hydrogens (tertiary/aromatic N) is 2. The fourth-order valence-corrected chi connectivity index (χ4v) is 2.53. The summed E-state index contributed by atoms with van der Waals surface area (Å²) in [4.78, 5) is 20.7. The lowest BCUT2D eigenvalue weighted by Crippen LogP contribution is -2.12. The quantitative estimate of drug-likeness (QED) is 0.588. The second-order valence-corrected chi connectivity index (χ2v) is 5.15. The van der Waals surface area contributed by atoms with Crippen molar-refractivity contribution in [2.24, 2.45) is 0 Å². The molecule has 1 heterocycles. The maximum Gasteiger partial charge on any atom is 0.220 e. The van der Waals surface area contributed by atoms with E-state index in [0.717, 1.165) is 0 Å². The molecule has 2 aromatic rings. The summed E-state index contributed by atoms with van der Waals surface area (Å²) in [6.07, 6.45) is 0. The van der Waals surface area contributed by atoms with Crippen molar-refractivity contribution in [1.29, 1.82) is 0 Å². The van der Waals surface area contributed by atoms with Gasteiger partial charge >= 0.3 is 0 Å². The van der Waals surface area contributed by atoms with Crippen LogP contribution in [0.4, 0.5) is 0 Å². The van der Waals surface area contributed by atoms with Crippen LogP contribution in [-0.2, 0) is 4.74 Å². The minimum absolute atomic E-state index is 0.122. The highest BCUT2D eigenvalue weighted by atomic mass is 32.1. The molecular weight excluding hydrogens is 328 g/mol. The van der Waals surface area contributed by atoms with E-state index in [1.165, 1.54) is 21.1 Å². The molecule has 0 spiro atoms. The van der Waals surface area contributed by atoms with Crippen molar-refractivity contribution >= 4 is 23.1 Å². The van der Waals surface area contributed by atoms with Crippen LogP contribution < -0.4 is 9.47 Å². The fourth-order valence-electron chi connectivity index (χ4n) is 2.19. The van der Waals surface area contributed by atoms with Crippen LogP contribution in [0.1, 0.15) is 29.8 Å². The molecule has 7 heteroatoms. The average molecular weight is 346 g/mol. The molecule has 2 rings (SSSR count). The van der Waals surface area contributed by atoms with Gasteiger partial charge in [0.25, 0.3) is 0 Å². The van der Waals surface area contributed by atoms with Gasteiger partial charge in [0.2, 0.25) is 11.8 Å². The largest absolute Gasteiger partial charge is 0.483 e. The lowest BCUT2D eigenvalue weighted by Gasteiger charge is -2.14. The molecule has 0 aliphatic carbocycles. The topological polar surface area (TPSA) is 70.5 Å². The maximum absolute atomic E-state index is 12.0. The molecule has 24 heavy (non-hydrogen) atoms. The summed E-state index contributed by atoms with van der Waals surface area (Å²) >= 11 is 5.34. The number of benzene rings is 1. The van der Waals surface area contributed by atoms with Crippen molar-refractivity contribution in [1.82, 2.24) is 9.97 Å². The third-order valence-electron chi connectivity index (χ3n) is 3.26. The number of Topliss-reactive ketones (excluding diaryl/α,β-unsaturated/α-hetero) is 1. The molecule has 0 aliphatic rings. The molecule has 0 bridgehead atoms. The number of ether oxygens (including phenoxy) is 3. The molecular formula is C17H18N2O4S. The van der Waals surface area contributed by atoms with Gasteiger partial charge in [-0.15, -0.1) is 0 Å². The minimum atomic E-state index is -0.122. The van der Waals surface area contributed by atoms with Crippen molar-refractivity contribution < 1.29 is 19.0 Å². The zero-order valence-electron chi connectivity index (χ0n) is 14.0. The Kier molecular flexibility index (Phi) is 5.81. The molecule has 0 saturated carbocycles. The summed E-state index contributed by atoms with van der Waals surface area (Å²) < 4.78 is 15.8. The Labute approximate surface area is 145 Å². The second kappa shape index (κ2) is 7.83. The van der Waals surface area contributed by atoms with Crippen LogP contribution >= 0.6 is 12.2 Å². The van der Waals surface area contributed by atoms with Crippen LogP contribution in [0.25, 0.3) is 11.4 Å². The zero-order valence-corrected chi connectivity index (χ0v) is 14.8. The van der Waals surface area contributed by atoms with E-state index in [1.807, 2.05) is 6.92 Å². The molecule has 126 valence electrons. The van der Waals surface area contributed by atoms with Crippen molar-refractivity contribution in [2.45, 2.75) is 13.8 Å². The number of rotatable bonds is 6. The summed E-state index contributed by atoms with van der Waals surface area (Å²) in [5.41, 5.74) is 1.53. The normalized spacial score (nSPS) is 10.2. The number of ketones is 1. The van der Waals surface area contributed by atoms with Crippen LogP contribution in [0, 0.1) is 0 Å². The number of thiocarbonyl (C=S) groups is 1. The number of methoxy groups -OCH3 is 2. The number of carbonyl (C=O) groups excluding carboxylic acids is 1. The molecule has 0 atom stereocenters. The van der Waals surface area contributed by atoms with E-state index in [9.17, 15) is 4.79 Å². The lowest BCUT2D eigenvalue weighted by atomic mass is 9.98. The molecule has 0 amide bonds. The van der Waals surface area contributed by atoms with Crippen LogP contribution in [0.15, 0.2) is 24.3 Å². The van der Waals surface area contributed by atoms with E-state index >= 15 is 0 Å². The Hall–Kier alpha value is -2.54. The first-order valence-corrected chi connectivity index (χ1v) is 7.71. The Morgan fingerprint density at radius 1 is 1.17 bits per heavy atom. The van der Waals surface area contributed by atoms with E-state index in [-0.39, 0.29) is 10.8 Å². The van der Waals surface area contributed by atoms with E-state index in [0.29, 0.717) is 40.9 Å². The first-order valence-electron chi connectivity index (χ1n) is 7.30. The molecule has 6 nitrogen and oxygen atoms in total. The predicted octanol–water partition coefficient (Wildman–Crippen LogP) is 3.08. The molecule has 0 saturated heterocycles. The number of hydrogen-bond donors (Lipinski definition) is 0. The van der Waals surface area contributed by atoms with E-state index in [4.69, 9.17) is 26.4 Å². The molecule has 0 radical (unpaired) electrons. The highest BCUT2D eigenvalue weighted by Crippen LogP contribution is 2.28. The first kappa shape index (κ1) is 17.8. The van der Waals surface area contributed by atoms with Gasteiger partial charge in [-0.05, 0) is 26.1 Å². The molecule has 1 aromatic carbocycles. The smallest absolute Gasteiger partial charge is 0.220 e. The first-order chi connectivity index (χ1) is 11.5. The Balaban J connectivity index is 2.72. The Bertz CT molecular complexity index is 755. The van der Waals surface area contributed by atoms with Crippen LogP contribution in [-0.4, -0.2) is 41.6 Å². The van der Waals surface area contributed by atoms with Crippen molar-refractivity contribution in [2.75, 3.05) is 20.8 Å². The third-order valence-corrected chi connectivity index (χ3v) is 3.58. The summed E-state index contributed by atoms with van der Waals surface area (Å²) in [5, 5.41) is 0.226. The van der Waals surface area contributed by atoms with Gasteiger partial charge in [-0.1, -0.05) is 18.2 Å². The molecule has 0 unspecified atom stereocenters. The average Bonchev–Trinajstić information content (AvgIpc) is 2.60. The minimum Gasteiger partial charge on any atom is -0.483 e. The summed E-state index contributed by atoms with van der Waals surface area (Å²) in [5.74, 6) is 0.909. The molecule has 0 fully saturated rings. The fraction of sp³-hybridized carbons (Fsp3) is 0.294. The van der Waals surface area contributed by atoms with Gasteiger partial charge < -0.3 is 14.2 Å². The Morgan fingerprint density at radius 2 is 1.79 bits per heavy atom. The second-order valence-electron chi connectivity index (χ2n) is 4.78. The van der Waals surface area contributed by atoms with Crippen molar-refractivity contribution in [3.8, 4) is 23.1 Å². The zero-order chi connectivity index (χ0) is 17.7. The summed E-state index contributed by atoms with van der Waals surface area (Å²) in [7, 11) is 3.01. The van der Waals surface area contributed by atoms with Gasteiger partial charge in [-0.3, -0.25) is 4.79 Å². The molecule has 0 N–H and O–H groups in total. The number of carbonyl (C=O) groups is 1.